The molecule has 0 spiro atoms. The summed E-state index contributed by atoms with van der Waals surface area (Å²) in [5.74, 6) is -0.592. The number of hydrogen-bond donors (Lipinski definition) is 4. The van der Waals surface area contributed by atoms with Crippen molar-refractivity contribution in [1.29, 1.82) is 0 Å². The molecule has 1 aliphatic carbocycles. The lowest BCUT2D eigenvalue weighted by molar-refractivity contribution is -0.136. The van der Waals surface area contributed by atoms with Gasteiger partial charge in [-0.15, -0.1) is 0 Å². The Hall–Kier alpha value is -6.76. The van der Waals surface area contributed by atoms with Gasteiger partial charge in [0, 0.05) is 50.0 Å². The van der Waals surface area contributed by atoms with Gasteiger partial charge in [0.15, 0.2) is 11.4 Å². The van der Waals surface area contributed by atoms with Gasteiger partial charge in [-0.3, -0.25) is 29.3 Å². The van der Waals surface area contributed by atoms with Gasteiger partial charge in [0.25, 0.3) is 17.7 Å². The van der Waals surface area contributed by atoms with E-state index in [0.29, 0.717) is 81.2 Å². The number of pyridine rings is 1. The number of oxazole rings is 1. The molecule has 5 aromatic rings. The third-order valence-electron chi connectivity index (χ3n) is 11.6. The predicted molar refractivity (Wildman–Crippen MR) is 237 cm³/mol. The molecule has 1 saturated heterocycles. The van der Waals surface area contributed by atoms with Crippen molar-refractivity contribution in [2.24, 2.45) is 11.7 Å². The van der Waals surface area contributed by atoms with E-state index in [-0.39, 0.29) is 41.2 Å². The minimum absolute atomic E-state index is 0.0273. The number of primary amides is 1. The lowest BCUT2D eigenvalue weighted by atomic mass is 10.00. The molecule has 5 amide bonds. The summed E-state index contributed by atoms with van der Waals surface area (Å²) in [5, 5.41) is 12.7. The molecule has 18 nitrogen and oxygen atoms in total. The summed E-state index contributed by atoms with van der Waals surface area (Å²) in [6, 6.07) is 16.4. The van der Waals surface area contributed by atoms with Crippen LogP contribution < -0.4 is 21.7 Å². The third kappa shape index (κ3) is 11.7. The fourth-order valence-corrected chi connectivity index (χ4v) is 7.85. The number of aryl methyl sites for hydroxylation is 2. The molecule has 2 aliphatic heterocycles. The van der Waals surface area contributed by atoms with Crippen molar-refractivity contribution in [3.8, 4) is 17.1 Å². The summed E-state index contributed by atoms with van der Waals surface area (Å²) in [6.45, 7) is 4.30. The molecule has 1 saturated carbocycles. The Bertz CT molecular complexity index is 2500. The van der Waals surface area contributed by atoms with Gasteiger partial charge in [-0.1, -0.05) is 24.3 Å². The van der Waals surface area contributed by atoms with Gasteiger partial charge >= 0.3 is 0 Å². The number of rotatable bonds is 24. The number of nitrogens with one attached hydrogen (secondary N) is 3. The van der Waals surface area contributed by atoms with Crippen molar-refractivity contribution in [3.05, 3.63) is 107 Å². The average Bonchev–Trinajstić information content (AvgIpc) is 3.65. The number of unbranched alkanes of at least 4 members (excludes halogenated alkanes) is 1. The number of hydrogen-bond acceptors (Lipinski definition) is 13. The first-order chi connectivity index (χ1) is 31.7. The van der Waals surface area contributed by atoms with E-state index in [9.17, 15) is 24.0 Å². The number of amides is 5. The van der Waals surface area contributed by atoms with Gasteiger partial charge in [0.1, 0.15) is 18.1 Å². The van der Waals surface area contributed by atoms with Gasteiger partial charge in [-0.25, -0.2) is 14.6 Å². The number of nitrogens with two attached hydrogens (primary N) is 1. The Morgan fingerprint density at radius 3 is 2.42 bits per heavy atom. The highest BCUT2D eigenvalue weighted by Crippen LogP contribution is 2.31. The molecule has 65 heavy (non-hydrogen) atoms. The minimum Gasteiger partial charge on any atom is -0.444 e. The Balaban J connectivity index is 0.682. The number of ether oxygens (including phenoxy) is 3. The molecular formula is C47H53N9O9. The van der Waals surface area contributed by atoms with E-state index in [1.165, 1.54) is 30.0 Å². The average molecular weight is 888 g/mol. The van der Waals surface area contributed by atoms with Crippen LogP contribution in [0.3, 0.4) is 0 Å². The van der Waals surface area contributed by atoms with Gasteiger partial charge in [-0.2, -0.15) is 5.10 Å². The first kappa shape index (κ1) is 44.8. The van der Waals surface area contributed by atoms with Gasteiger partial charge in [0.2, 0.25) is 17.7 Å². The molecule has 340 valence electrons. The quantitative estimate of drug-likeness (QED) is 0.0479. The van der Waals surface area contributed by atoms with Crippen molar-refractivity contribution in [3.63, 3.8) is 0 Å². The second-order valence-electron chi connectivity index (χ2n) is 16.4. The van der Waals surface area contributed by atoms with Crippen LogP contribution in [0, 0.1) is 5.92 Å². The van der Waals surface area contributed by atoms with Crippen molar-refractivity contribution in [2.45, 2.75) is 70.4 Å². The molecule has 3 aromatic heterocycles. The summed E-state index contributed by atoms with van der Waals surface area (Å²) in [5.41, 5.74) is 10.8. The monoisotopic (exact) mass is 887 g/mol. The molecule has 18 heteroatoms. The van der Waals surface area contributed by atoms with E-state index in [0.717, 1.165) is 55.3 Å². The number of anilines is 2. The number of imide groups is 1. The van der Waals surface area contributed by atoms with Crippen LogP contribution >= 0.6 is 0 Å². The van der Waals surface area contributed by atoms with Crippen LogP contribution in [0.1, 0.15) is 93.0 Å². The van der Waals surface area contributed by atoms with Crippen LogP contribution in [0.15, 0.2) is 77.7 Å². The van der Waals surface area contributed by atoms with Crippen molar-refractivity contribution >= 4 is 41.0 Å². The summed E-state index contributed by atoms with van der Waals surface area (Å²) in [6.07, 6.45) is 11.7. The van der Waals surface area contributed by atoms with E-state index in [1.807, 2.05) is 42.5 Å². The Morgan fingerprint density at radius 2 is 1.66 bits per heavy atom. The van der Waals surface area contributed by atoms with Crippen LogP contribution in [0.2, 0.25) is 0 Å². The number of benzene rings is 2. The lowest BCUT2D eigenvalue weighted by Crippen LogP contribution is -2.52. The first-order valence-electron chi connectivity index (χ1n) is 22.1. The number of carbonyl (C=O) groups is 5. The highest BCUT2D eigenvalue weighted by Gasteiger charge is 2.39. The molecule has 1 unspecified atom stereocenters. The van der Waals surface area contributed by atoms with E-state index in [4.69, 9.17) is 24.4 Å². The van der Waals surface area contributed by atoms with Crippen LogP contribution in [-0.4, -0.2) is 106 Å². The zero-order valence-corrected chi connectivity index (χ0v) is 36.1. The fourth-order valence-electron chi connectivity index (χ4n) is 7.85. The molecule has 0 radical (unpaired) electrons. The normalized spacial score (nSPS) is 15.8. The SMILES string of the molecule is NC(=O)c1nn(-c2ccc(CCCCOCCOCCOCCCc3cccc4c3CN(C3CCC(=O)NC3=O)C4=O)cc2)cc1NC(=O)c1coc(-c2ccnc(NCC3CC3)c2)n1. The summed E-state index contributed by atoms with van der Waals surface area (Å²) in [7, 11) is 0. The molecule has 3 aliphatic rings. The second kappa shape index (κ2) is 21.3. The van der Waals surface area contributed by atoms with Gasteiger partial charge in [0.05, 0.1) is 44.0 Å². The van der Waals surface area contributed by atoms with E-state index in [1.54, 1.807) is 23.2 Å². The number of fused-ring (bicyclic) bond motifs is 1. The number of carbonyl (C=O) groups excluding carboxylic acids is 5. The molecule has 8 rings (SSSR count). The topological polar surface area (TPSA) is 235 Å². The number of aromatic nitrogens is 4. The van der Waals surface area contributed by atoms with Gasteiger partial charge < -0.3 is 39.9 Å². The van der Waals surface area contributed by atoms with Gasteiger partial charge in [-0.05, 0) is 104 Å². The highest BCUT2D eigenvalue weighted by molar-refractivity contribution is 6.07. The zero-order chi connectivity index (χ0) is 45.1. The van der Waals surface area contributed by atoms with E-state index < -0.39 is 23.8 Å². The second-order valence-corrected chi connectivity index (χ2v) is 16.4. The molecule has 5 heterocycles. The van der Waals surface area contributed by atoms with Crippen LogP contribution in [-0.2, 0) is 43.2 Å². The molecule has 2 aromatic carbocycles. The largest absolute Gasteiger partial charge is 0.444 e. The minimum atomic E-state index is -0.789. The molecule has 0 bridgehead atoms. The maximum atomic E-state index is 13.2. The van der Waals surface area contributed by atoms with Crippen molar-refractivity contribution in [1.82, 2.24) is 30.0 Å². The molecular weight excluding hydrogens is 835 g/mol. The van der Waals surface area contributed by atoms with Crippen molar-refractivity contribution < 1.29 is 42.6 Å². The van der Waals surface area contributed by atoms with Crippen LogP contribution in [0.4, 0.5) is 11.5 Å². The highest BCUT2D eigenvalue weighted by atomic mass is 16.5. The smallest absolute Gasteiger partial charge is 0.277 e. The van der Waals surface area contributed by atoms with E-state index >= 15 is 0 Å². The first-order valence-corrected chi connectivity index (χ1v) is 22.1. The lowest BCUT2D eigenvalue weighted by Gasteiger charge is -2.29. The molecule has 5 N–H and O–H groups in total. The fraction of sp³-hybridized carbons (Fsp3) is 0.404. The van der Waals surface area contributed by atoms with Crippen molar-refractivity contribution in [2.75, 3.05) is 56.8 Å². The molecule has 2 fully saturated rings. The Kier molecular flexibility index (Phi) is 14.7. The standard InChI is InChI=1S/C47H53N9O9/c48-43(58)42-37(51-44(59)38-29-65-46(52-38)33-17-18-49-40(25-33)50-26-31-9-10-31)28-56(54-42)34-13-11-30(12-14-34)5-1-2-19-62-21-23-64-24-22-63-20-4-7-32-6-3-8-35-36(32)27-55(47(35)61)39-15-16-41(57)53-45(39)60/h3,6,8,11-14,17-18,25,28-29,31,39H,1-2,4-5,7,9-10,15-16,19-24,26-27H2,(H2,48,58)(H,49,50)(H,51,59)(H,53,57,60). The van der Waals surface area contributed by atoms with E-state index in [2.05, 4.69) is 31.0 Å². The maximum absolute atomic E-state index is 13.2. The number of piperidine rings is 1. The van der Waals surface area contributed by atoms with Crippen LogP contribution in [0.5, 0.6) is 0 Å². The summed E-state index contributed by atoms with van der Waals surface area (Å²) < 4.78 is 24.3. The Labute approximate surface area is 375 Å². The predicted octanol–water partition coefficient (Wildman–Crippen LogP) is 4.86. The molecule has 1 atom stereocenters. The summed E-state index contributed by atoms with van der Waals surface area (Å²) >= 11 is 0. The Morgan fingerprint density at radius 1 is 0.892 bits per heavy atom. The zero-order valence-electron chi connectivity index (χ0n) is 36.1. The van der Waals surface area contributed by atoms with Crippen LogP contribution in [0.25, 0.3) is 17.1 Å². The summed E-state index contributed by atoms with van der Waals surface area (Å²) in [4.78, 5) is 72.8. The number of nitrogens with zero attached hydrogens (tertiary/aromatic N) is 5. The maximum Gasteiger partial charge on any atom is 0.277 e. The third-order valence-corrected chi connectivity index (χ3v) is 11.6.